The first-order valence-electron chi connectivity index (χ1n) is 6.32. The highest BCUT2D eigenvalue weighted by Gasteiger charge is 2.12. The topological polar surface area (TPSA) is 64.3 Å². The molecule has 0 fully saturated rings. The molecule has 0 heterocycles. The molecule has 3 N–H and O–H groups in total. The number of carbonyl (C=O) groups is 1. The average Bonchev–Trinajstić information content (AvgIpc) is 2.36. The summed E-state index contributed by atoms with van der Waals surface area (Å²) in [5.41, 5.74) is 6.73. The SMILES string of the molecule is CCC(C)NCC(C)OC(=O)c1ccc(N)cc1. The van der Waals surface area contributed by atoms with E-state index in [2.05, 4.69) is 19.2 Å². The lowest BCUT2D eigenvalue weighted by Crippen LogP contribution is -2.34. The van der Waals surface area contributed by atoms with Crippen LogP contribution in [0.5, 0.6) is 0 Å². The van der Waals surface area contributed by atoms with E-state index >= 15 is 0 Å². The standard InChI is InChI=1S/C14H22N2O2/c1-4-10(2)16-9-11(3)18-14(17)12-5-7-13(15)8-6-12/h5-8,10-11,16H,4,9,15H2,1-3H3. The van der Waals surface area contributed by atoms with Crippen molar-refractivity contribution < 1.29 is 9.53 Å². The Morgan fingerprint density at radius 1 is 1.33 bits per heavy atom. The predicted molar refractivity (Wildman–Crippen MR) is 73.5 cm³/mol. The van der Waals surface area contributed by atoms with Crippen molar-refractivity contribution in [3.05, 3.63) is 29.8 Å². The normalized spacial score (nSPS) is 13.9. The number of hydrogen-bond acceptors (Lipinski definition) is 4. The zero-order chi connectivity index (χ0) is 13.5. The molecule has 0 saturated carbocycles. The predicted octanol–water partition coefficient (Wildman–Crippen LogP) is 2.20. The van der Waals surface area contributed by atoms with Crippen molar-refractivity contribution >= 4 is 11.7 Å². The van der Waals surface area contributed by atoms with E-state index in [0.29, 0.717) is 23.8 Å². The van der Waals surface area contributed by atoms with E-state index in [1.165, 1.54) is 0 Å². The Morgan fingerprint density at radius 3 is 2.50 bits per heavy atom. The lowest BCUT2D eigenvalue weighted by atomic mass is 10.2. The summed E-state index contributed by atoms with van der Waals surface area (Å²) in [7, 11) is 0. The fourth-order valence-electron chi connectivity index (χ4n) is 1.42. The first-order chi connectivity index (χ1) is 8.52. The molecule has 0 amide bonds. The number of carbonyl (C=O) groups excluding carboxylic acids is 1. The molecule has 0 aromatic heterocycles. The Kier molecular flexibility index (Phi) is 5.65. The molecule has 1 aromatic rings. The van der Waals surface area contributed by atoms with Crippen LogP contribution >= 0.6 is 0 Å². The monoisotopic (exact) mass is 250 g/mol. The van der Waals surface area contributed by atoms with Gasteiger partial charge in [-0.2, -0.15) is 0 Å². The number of nitrogens with two attached hydrogens (primary N) is 1. The van der Waals surface area contributed by atoms with E-state index in [1.807, 2.05) is 6.92 Å². The van der Waals surface area contributed by atoms with Crippen LogP contribution in [-0.4, -0.2) is 24.7 Å². The van der Waals surface area contributed by atoms with Gasteiger partial charge < -0.3 is 15.8 Å². The van der Waals surface area contributed by atoms with Gasteiger partial charge in [0.15, 0.2) is 0 Å². The Bertz CT molecular complexity index is 376. The van der Waals surface area contributed by atoms with Gasteiger partial charge in [0.1, 0.15) is 6.10 Å². The molecular formula is C14H22N2O2. The molecule has 18 heavy (non-hydrogen) atoms. The number of rotatable bonds is 6. The van der Waals surface area contributed by atoms with Crippen LogP contribution in [0.25, 0.3) is 0 Å². The number of esters is 1. The van der Waals surface area contributed by atoms with Crippen LogP contribution in [0.15, 0.2) is 24.3 Å². The van der Waals surface area contributed by atoms with Gasteiger partial charge in [-0.15, -0.1) is 0 Å². The van der Waals surface area contributed by atoms with Crippen LogP contribution in [0.1, 0.15) is 37.6 Å². The molecule has 100 valence electrons. The maximum atomic E-state index is 11.8. The van der Waals surface area contributed by atoms with Gasteiger partial charge in [0.2, 0.25) is 0 Å². The van der Waals surface area contributed by atoms with Crippen molar-refractivity contribution in [3.63, 3.8) is 0 Å². The minimum absolute atomic E-state index is 0.149. The van der Waals surface area contributed by atoms with E-state index in [4.69, 9.17) is 10.5 Å². The minimum atomic E-state index is -0.312. The first kappa shape index (κ1) is 14.5. The van der Waals surface area contributed by atoms with Crippen molar-refractivity contribution in [2.75, 3.05) is 12.3 Å². The van der Waals surface area contributed by atoms with Crippen LogP contribution in [0.3, 0.4) is 0 Å². The Hall–Kier alpha value is -1.55. The van der Waals surface area contributed by atoms with Gasteiger partial charge in [-0.1, -0.05) is 6.92 Å². The van der Waals surface area contributed by atoms with Crippen LogP contribution in [0, 0.1) is 0 Å². The molecule has 0 aliphatic heterocycles. The van der Waals surface area contributed by atoms with Gasteiger partial charge in [-0.3, -0.25) is 0 Å². The highest BCUT2D eigenvalue weighted by Crippen LogP contribution is 2.08. The molecule has 0 spiro atoms. The number of ether oxygens (including phenoxy) is 1. The summed E-state index contributed by atoms with van der Waals surface area (Å²) in [5.74, 6) is -0.312. The molecule has 4 nitrogen and oxygen atoms in total. The number of hydrogen-bond donors (Lipinski definition) is 2. The molecule has 0 aliphatic carbocycles. The molecule has 0 bridgehead atoms. The summed E-state index contributed by atoms with van der Waals surface area (Å²) in [6, 6.07) is 7.17. The Morgan fingerprint density at radius 2 is 1.94 bits per heavy atom. The molecular weight excluding hydrogens is 228 g/mol. The van der Waals surface area contributed by atoms with Gasteiger partial charge in [0.25, 0.3) is 0 Å². The highest BCUT2D eigenvalue weighted by atomic mass is 16.5. The van der Waals surface area contributed by atoms with Crippen LogP contribution in [0.2, 0.25) is 0 Å². The lowest BCUT2D eigenvalue weighted by Gasteiger charge is -2.17. The zero-order valence-corrected chi connectivity index (χ0v) is 11.3. The smallest absolute Gasteiger partial charge is 0.338 e. The molecule has 2 unspecified atom stereocenters. The third kappa shape index (κ3) is 4.75. The van der Waals surface area contributed by atoms with E-state index in [9.17, 15) is 4.79 Å². The largest absolute Gasteiger partial charge is 0.458 e. The quantitative estimate of drug-likeness (QED) is 0.600. The second kappa shape index (κ2) is 7.01. The Labute approximate surface area is 109 Å². The molecule has 2 atom stereocenters. The minimum Gasteiger partial charge on any atom is -0.458 e. The fraction of sp³-hybridized carbons (Fsp3) is 0.500. The van der Waals surface area contributed by atoms with Gasteiger partial charge in [0, 0.05) is 18.3 Å². The maximum Gasteiger partial charge on any atom is 0.338 e. The number of benzene rings is 1. The molecule has 0 radical (unpaired) electrons. The van der Waals surface area contributed by atoms with Crippen molar-refractivity contribution in [1.29, 1.82) is 0 Å². The average molecular weight is 250 g/mol. The van der Waals surface area contributed by atoms with E-state index < -0.39 is 0 Å². The van der Waals surface area contributed by atoms with Gasteiger partial charge >= 0.3 is 5.97 Å². The molecule has 1 aromatic carbocycles. The molecule has 0 aliphatic rings. The summed E-state index contributed by atoms with van der Waals surface area (Å²) in [4.78, 5) is 11.8. The summed E-state index contributed by atoms with van der Waals surface area (Å²) >= 11 is 0. The third-order valence-electron chi connectivity index (χ3n) is 2.82. The number of nitrogens with one attached hydrogen (secondary N) is 1. The van der Waals surface area contributed by atoms with Gasteiger partial charge in [-0.25, -0.2) is 4.79 Å². The molecule has 4 heteroatoms. The summed E-state index contributed by atoms with van der Waals surface area (Å²) in [6.45, 7) is 6.76. The van der Waals surface area contributed by atoms with Crippen LogP contribution in [0.4, 0.5) is 5.69 Å². The highest BCUT2D eigenvalue weighted by molar-refractivity contribution is 5.89. The third-order valence-corrected chi connectivity index (χ3v) is 2.82. The second-order valence-corrected chi connectivity index (χ2v) is 4.56. The lowest BCUT2D eigenvalue weighted by molar-refractivity contribution is 0.0337. The number of nitrogen functional groups attached to an aromatic ring is 1. The van der Waals surface area contributed by atoms with Crippen molar-refractivity contribution in [3.8, 4) is 0 Å². The van der Waals surface area contributed by atoms with Crippen molar-refractivity contribution in [1.82, 2.24) is 5.32 Å². The summed E-state index contributed by atoms with van der Waals surface area (Å²) in [5, 5.41) is 3.30. The summed E-state index contributed by atoms with van der Waals surface area (Å²) < 4.78 is 5.33. The van der Waals surface area contributed by atoms with Gasteiger partial charge in [0.05, 0.1) is 5.56 Å². The Balaban J connectivity index is 2.42. The zero-order valence-electron chi connectivity index (χ0n) is 11.3. The fourth-order valence-corrected chi connectivity index (χ4v) is 1.42. The van der Waals surface area contributed by atoms with Crippen molar-refractivity contribution in [2.24, 2.45) is 0 Å². The van der Waals surface area contributed by atoms with Gasteiger partial charge in [-0.05, 0) is 44.5 Å². The van der Waals surface area contributed by atoms with Crippen molar-refractivity contribution in [2.45, 2.75) is 39.3 Å². The summed E-state index contributed by atoms with van der Waals surface area (Å²) in [6.07, 6.45) is 0.905. The van der Waals surface area contributed by atoms with E-state index in [1.54, 1.807) is 24.3 Å². The first-order valence-corrected chi connectivity index (χ1v) is 6.32. The van der Waals surface area contributed by atoms with E-state index in [0.717, 1.165) is 6.42 Å². The second-order valence-electron chi connectivity index (χ2n) is 4.56. The molecule has 1 rings (SSSR count). The van der Waals surface area contributed by atoms with Crippen LogP contribution < -0.4 is 11.1 Å². The van der Waals surface area contributed by atoms with Crippen LogP contribution in [-0.2, 0) is 4.74 Å². The molecule has 0 saturated heterocycles. The number of anilines is 1. The van der Waals surface area contributed by atoms with E-state index in [-0.39, 0.29) is 12.1 Å². The maximum absolute atomic E-state index is 11.8.